The van der Waals surface area contributed by atoms with Crippen molar-refractivity contribution in [3.8, 4) is 20.9 Å². The molecule has 8 heteroatoms. The first-order valence-electron chi connectivity index (χ1n) is 37.4. The van der Waals surface area contributed by atoms with Gasteiger partial charge < -0.3 is 9.80 Å². The minimum absolute atomic E-state index is 0.0126. The minimum atomic E-state index is -0.0126. The van der Waals surface area contributed by atoms with Gasteiger partial charge in [0.15, 0.2) is 0 Å². The van der Waals surface area contributed by atoms with Gasteiger partial charge in [-0.2, -0.15) is 0 Å². The third-order valence-corrected chi connectivity index (χ3v) is 23.7. The predicted molar refractivity (Wildman–Crippen MR) is 398 cm³/mol. The van der Waals surface area contributed by atoms with Crippen LogP contribution in [0.3, 0.4) is 0 Å². The molecule has 2 aliphatic rings. The van der Waals surface area contributed by atoms with E-state index in [-0.39, 0.29) is 11.8 Å². The number of amides is 2. The predicted octanol–water partition coefficient (Wildman–Crippen LogP) is 27.9. The first-order valence-corrected chi connectivity index (χ1v) is 40.6. The number of hydrogen-bond donors (Lipinski definition) is 0. The topological polar surface area (TPSA) is 40.6 Å². The molecular formula is C80H124Br2N2O2S2. The van der Waals surface area contributed by atoms with Crippen molar-refractivity contribution >= 4 is 88.9 Å². The summed E-state index contributed by atoms with van der Waals surface area (Å²) < 4.78 is 2.50. The number of halogens is 2. The number of unbranched alkanes of at least 4 members (excludes halogenated alkanes) is 34. The highest BCUT2D eigenvalue weighted by Crippen LogP contribution is 2.50. The molecule has 492 valence electrons. The SMILES string of the molecule is CCCCCCCCCCC(CCCCCCCC)Cc1cc(-c2ccc3c(c2)N(CCCCCCCC)C(=O)/C3=C2/C(=O)N(CCCCCCCC)c3cc(-c4cc(CC(CCCCCCCC)CCCCCCCCCC)c(Br)s4)ccc32)sc1Br. The lowest BCUT2D eigenvalue weighted by molar-refractivity contribution is -0.114. The number of fused-ring (bicyclic) bond motifs is 2. The molecule has 0 spiro atoms. The highest BCUT2D eigenvalue weighted by molar-refractivity contribution is 9.11. The van der Waals surface area contributed by atoms with Crippen molar-refractivity contribution in [1.82, 2.24) is 0 Å². The van der Waals surface area contributed by atoms with Crippen LogP contribution in [0, 0.1) is 11.8 Å². The van der Waals surface area contributed by atoms with E-state index in [0.717, 1.165) is 72.2 Å². The number of benzene rings is 2. The lowest BCUT2D eigenvalue weighted by Crippen LogP contribution is -2.30. The number of hydrogen-bond acceptors (Lipinski definition) is 4. The third kappa shape index (κ3) is 24.7. The van der Waals surface area contributed by atoms with Gasteiger partial charge in [0.05, 0.1) is 30.1 Å². The second-order valence-electron chi connectivity index (χ2n) is 27.3. The Hall–Kier alpha value is -2.52. The van der Waals surface area contributed by atoms with Crippen molar-refractivity contribution < 1.29 is 9.59 Å². The molecule has 2 atom stereocenters. The number of rotatable bonds is 52. The van der Waals surface area contributed by atoms with Crippen LogP contribution in [-0.4, -0.2) is 24.9 Å². The lowest BCUT2D eigenvalue weighted by Gasteiger charge is -2.18. The van der Waals surface area contributed by atoms with Crippen molar-refractivity contribution in [2.45, 2.75) is 337 Å². The fraction of sp³-hybridized carbons (Fsp3) is 0.700. The summed E-state index contributed by atoms with van der Waals surface area (Å²) in [5.74, 6) is 1.37. The van der Waals surface area contributed by atoms with Crippen molar-refractivity contribution in [2.24, 2.45) is 11.8 Å². The summed E-state index contributed by atoms with van der Waals surface area (Å²) >= 11 is 11.9. The summed E-state index contributed by atoms with van der Waals surface area (Å²) in [5, 5.41) is 0. The molecule has 2 aromatic carbocycles. The van der Waals surface area contributed by atoms with Gasteiger partial charge in [0, 0.05) is 34.0 Å². The molecule has 6 rings (SSSR count). The fourth-order valence-corrected chi connectivity index (χ4v) is 17.7. The van der Waals surface area contributed by atoms with E-state index in [2.05, 4.69) is 132 Å². The van der Waals surface area contributed by atoms with Crippen molar-refractivity contribution in [1.29, 1.82) is 0 Å². The standard InChI is InChI=1S/C80H124Br2N2O2S2/c1-7-13-19-25-31-33-37-43-49-63(47-41-35-27-21-15-9-3)57-67-61-73(87-77(67)81)65-51-53-69-71(59-65)83(55-45-39-29-23-17-11-5)79(85)75(69)76-70-54-52-66(60-72(70)84(80(76)86)56-46-40-30-24-18-12-6)74-62-68(78(82)88-74)58-64(48-42-36-28-22-16-10-4)50-44-38-34-32-26-20-14-8-2/h51-54,59-64H,7-50,55-58H2,1-6H3/b76-75+. The minimum Gasteiger partial charge on any atom is -0.308 e. The smallest absolute Gasteiger partial charge is 0.259 e. The first kappa shape index (κ1) is 74.5. The average Bonchev–Trinajstić information content (AvgIpc) is 1.64. The summed E-state index contributed by atoms with van der Waals surface area (Å²) in [6, 6.07) is 18.4. The fourth-order valence-electron chi connectivity index (χ4n) is 14.2. The van der Waals surface area contributed by atoms with Gasteiger partial charge in [-0.3, -0.25) is 9.59 Å². The average molecular weight is 1370 g/mol. The van der Waals surface area contributed by atoms with E-state index in [1.807, 2.05) is 22.7 Å². The van der Waals surface area contributed by atoms with Crippen LogP contribution in [0.1, 0.15) is 346 Å². The Balaban J connectivity index is 1.30. The Bertz CT molecular complexity index is 2430. The number of nitrogens with zero attached hydrogens (tertiary/aromatic N) is 2. The number of carbonyl (C=O) groups excluding carboxylic acids is 2. The molecule has 4 aromatic rings. The third-order valence-electron chi connectivity index (χ3n) is 19.7. The molecule has 88 heavy (non-hydrogen) atoms. The second-order valence-corrected chi connectivity index (χ2v) is 32.0. The maximum Gasteiger partial charge on any atom is 0.259 e. The molecule has 0 saturated carbocycles. The quantitative estimate of drug-likeness (QED) is 0.0327. The molecule has 2 aliphatic heterocycles. The van der Waals surface area contributed by atoms with E-state index < -0.39 is 0 Å². The largest absolute Gasteiger partial charge is 0.308 e. The molecular weight excluding hydrogens is 1240 g/mol. The number of thiophene rings is 2. The van der Waals surface area contributed by atoms with E-state index in [4.69, 9.17) is 0 Å². The molecule has 0 fully saturated rings. The zero-order valence-electron chi connectivity index (χ0n) is 57.0. The van der Waals surface area contributed by atoms with Crippen LogP contribution < -0.4 is 9.80 Å². The van der Waals surface area contributed by atoms with Gasteiger partial charge in [-0.15, -0.1) is 22.7 Å². The molecule has 0 aliphatic carbocycles. The molecule has 2 unspecified atom stereocenters. The van der Waals surface area contributed by atoms with Crippen LogP contribution in [0.4, 0.5) is 11.4 Å². The van der Waals surface area contributed by atoms with Gasteiger partial charge in [0.1, 0.15) is 0 Å². The van der Waals surface area contributed by atoms with Crippen LogP contribution in [0.25, 0.3) is 32.0 Å². The molecule has 0 bridgehead atoms. The van der Waals surface area contributed by atoms with E-state index in [0.29, 0.717) is 36.1 Å². The van der Waals surface area contributed by atoms with Gasteiger partial charge in [-0.1, -0.05) is 335 Å². The molecule has 0 radical (unpaired) electrons. The Morgan fingerprint density at radius 3 is 0.886 bits per heavy atom. The summed E-state index contributed by atoms with van der Waals surface area (Å²) in [4.78, 5) is 37.6. The van der Waals surface area contributed by atoms with Crippen molar-refractivity contribution in [3.63, 3.8) is 0 Å². The molecule has 0 saturated heterocycles. The number of anilines is 2. The molecule has 4 heterocycles. The first-order chi connectivity index (χ1) is 43.2. The molecule has 2 amide bonds. The Morgan fingerprint density at radius 2 is 0.602 bits per heavy atom. The van der Waals surface area contributed by atoms with E-state index in [9.17, 15) is 0 Å². The maximum absolute atomic E-state index is 15.5. The Kier molecular flexibility index (Phi) is 37.4. The second kappa shape index (κ2) is 44.1. The Labute approximate surface area is 565 Å². The molecule has 2 aromatic heterocycles. The summed E-state index contributed by atoms with van der Waals surface area (Å²) in [6.45, 7) is 15.1. The molecule has 4 nitrogen and oxygen atoms in total. The Morgan fingerprint density at radius 1 is 0.341 bits per heavy atom. The van der Waals surface area contributed by atoms with Crippen LogP contribution >= 0.6 is 54.5 Å². The maximum atomic E-state index is 15.5. The van der Waals surface area contributed by atoms with Crippen LogP contribution in [0.2, 0.25) is 0 Å². The van der Waals surface area contributed by atoms with Gasteiger partial charge in [0.2, 0.25) is 0 Å². The van der Waals surface area contributed by atoms with Crippen LogP contribution in [0.15, 0.2) is 56.1 Å². The summed E-state index contributed by atoms with van der Waals surface area (Å²) in [7, 11) is 0. The van der Waals surface area contributed by atoms with E-state index in [1.54, 1.807) is 0 Å². The van der Waals surface area contributed by atoms with E-state index in [1.165, 1.54) is 285 Å². The van der Waals surface area contributed by atoms with Gasteiger partial charge in [-0.05, 0) is 116 Å². The van der Waals surface area contributed by atoms with Crippen molar-refractivity contribution in [3.05, 3.63) is 78.4 Å². The molecule has 0 N–H and O–H groups in total. The lowest BCUT2D eigenvalue weighted by atomic mass is 9.89. The zero-order chi connectivity index (χ0) is 62.6. The van der Waals surface area contributed by atoms with Crippen LogP contribution in [-0.2, 0) is 22.4 Å². The monoisotopic (exact) mass is 1370 g/mol. The van der Waals surface area contributed by atoms with Gasteiger partial charge in [-0.25, -0.2) is 0 Å². The zero-order valence-corrected chi connectivity index (χ0v) is 61.8. The summed E-state index contributed by atoms with van der Waals surface area (Å²) in [5.41, 5.74) is 10.1. The highest BCUT2D eigenvalue weighted by Gasteiger charge is 2.42. The summed E-state index contributed by atoms with van der Waals surface area (Å²) in [6.07, 6.45) is 59.5. The van der Waals surface area contributed by atoms with Crippen molar-refractivity contribution in [2.75, 3.05) is 22.9 Å². The highest BCUT2D eigenvalue weighted by atomic mass is 79.9. The van der Waals surface area contributed by atoms with E-state index >= 15 is 9.59 Å². The van der Waals surface area contributed by atoms with Crippen LogP contribution in [0.5, 0.6) is 0 Å². The van der Waals surface area contributed by atoms with Gasteiger partial charge >= 0.3 is 0 Å². The number of carbonyl (C=O) groups is 2. The normalized spacial score (nSPS) is 14.7. The van der Waals surface area contributed by atoms with Gasteiger partial charge in [0.25, 0.3) is 11.8 Å².